The molecule has 0 bridgehead atoms. The molecule has 100 valence electrons. The lowest BCUT2D eigenvalue weighted by molar-refractivity contribution is -0.385. The maximum atomic E-state index is 13.5. The second kappa shape index (κ2) is 4.65. The van der Waals surface area contributed by atoms with Gasteiger partial charge in [0.2, 0.25) is 0 Å². The number of nitro benzene ring substituents is 1. The third kappa shape index (κ3) is 2.68. The number of rotatable bonds is 4. The summed E-state index contributed by atoms with van der Waals surface area (Å²) in [6, 6.07) is 2.60. The van der Waals surface area contributed by atoms with Gasteiger partial charge in [-0.25, -0.2) is 9.37 Å². The van der Waals surface area contributed by atoms with Crippen molar-refractivity contribution < 1.29 is 17.7 Å². The number of H-pyrrole nitrogens is 1. The fourth-order valence-electron chi connectivity index (χ4n) is 1.29. The zero-order valence-corrected chi connectivity index (χ0v) is 10.0. The number of aromatic nitrogens is 2. The van der Waals surface area contributed by atoms with E-state index in [0.717, 1.165) is 24.7 Å². The Balaban J connectivity index is 2.32. The highest BCUT2D eigenvalue weighted by Gasteiger charge is 2.19. The van der Waals surface area contributed by atoms with Gasteiger partial charge in [-0.1, -0.05) is 0 Å². The van der Waals surface area contributed by atoms with E-state index in [4.69, 9.17) is 0 Å². The molecule has 8 nitrogen and oxygen atoms in total. The number of nitrogens with one attached hydrogen (secondary N) is 2. The SMILES string of the molecule is O=[N+]([O-])c1ccc(NS(=O)(=O)c2cnc[nH]2)c(F)c1. The van der Waals surface area contributed by atoms with Crippen LogP contribution < -0.4 is 4.72 Å². The molecule has 0 atom stereocenters. The van der Waals surface area contributed by atoms with Gasteiger partial charge in [0.05, 0.1) is 29.2 Å². The smallest absolute Gasteiger partial charge is 0.279 e. The molecule has 0 aliphatic carbocycles. The summed E-state index contributed by atoms with van der Waals surface area (Å²) in [7, 11) is -4.00. The first kappa shape index (κ1) is 13.0. The van der Waals surface area contributed by atoms with E-state index in [0.29, 0.717) is 6.07 Å². The van der Waals surface area contributed by atoms with Crippen LogP contribution in [-0.2, 0) is 10.0 Å². The molecule has 0 aliphatic heterocycles. The third-order valence-corrected chi connectivity index (χ3v) is 3.46. The minimum absolute atomic E-state index is 0.245. The van der Waals surface area contributed by atoms with E-state index in [1.807, 2.05) is 4.72 Å². The lowest BCUT2D eigenvalue weighted by atomic mass is 10.3. The topological polar surface area (TPSA) is 118 Å². The van der Waals surface area contributed by atoms with Gasteiger partial charge in [-0.2, -0.15) is 8.42 Å². The number of hydrogen-bond acceptors (Lipinski definition) is 5. The molecule has 0 amide bonds. The molecule has 2 aromatic rings. The van der Waals surface area contributed by atoms with Crippen LogP contribution in [0.15, 0.2) is 35.7 Å². The van der Waals surface area contributed by atoms with Crippen LogP contribution in [0.25, 0.3) is 0 Å². The average Bonchev–Trinajstić information content (AvgIpc) is 2.85. The van der Waals surface area contributed by atoms with Crippen LogP contribution in [0.4, 0.5) is 15.8 Å². The Labute approximate surface area is 106 Å². The second-order valence-electron chi connectivity index (χ2n) is 3.44. The van der Waals surface area contributed by atoms with Gasteiger partial charge in [-0.05, 0) is 6.07 Å². The standard InChI is InChI=1S/C9H7FN4O4S/c10-7-3-6(14(15)16)1-2-8(7)13-19(17,18)9-4-11-5-12-9/h1-5,13H,(H,11,12). The summed E-state index contributed by atoms with van der Waals surface area (Å²) < 4.78 is 39.0. The van der Waals surface area contributed by atoms with Crippen molar-refractivity contribution in [3.05, 3.63) is 46.7 Å². The fourth-order valence-corrected chi connectivity index (χ4v) is 2.26. The van der Waals surface area contributed by atoms with Crippen molar-refractivity contribution in [1.29, 1.82) is 0 Å². The van der Waals surface area contributed by atoms with Crippen LogP contribution >= 0.6 is 0 Å². The molecule has 2 rings (SSSR count). The van der Waals surface area contributed by atoms with Crippen molar-refractivity contribution in [3.8, 4) is 0 Å². The number of hydrogen-bond donors (Lipinski definition) is 2. The first-order valence-electron chi connectivity index (χ1n) is 4.85. The number of nitro groups is 1. The number of nitrogens with zero attached hydrogens (tertiary/aromatic N) is 2. The molecule has 0 saturated heterocycles. The van der Waals surface area contributed by atoms with Gasteiger partial charge in [0, 0.05) is 6.07 Å². The van der Waals surface area contributed by atoms with E-state index >= 15 is 0 Å². The van der Waals surface area contributed by atoms with E-state index in [1.54, 1.807) is 0 Å². The van der Waals surface area contributed by atoms with E-state index in [-0.39, 0.29) is 10.7 Å². The van der Waals surface area contributed by atoms with Gasteiger partial charge in [-0.15, -0.1) is 0 Å². The monoisotopic (exact) mass is 286 g/mol. The number of benzene rings is 1. The lowest BCUT2D eigenvalue weighted by Gasteiger charge is -2.06. The van der Waals surface area contributed by atoms with Gasteiger partial charge in [0.1, 0.15) is 0 Å². The summed E-state index contributed by atoms with van der Waals surface area (Å²) in [5.41, 5.74) is -0.859. The van der Waals surface area contributed by atoms with Crippen LogP contribution in [0, 0.1) is 15.9 Å². The zero-order chi connectivity index (χ0) is 14.0. The van der Waals surface area contributed by atoms with Gasteiger partial charge < -0.3 is 4.98 Å². The Morgan fingerprint density at radius 1 is 1.42 bits per heavy atom. The number of imidazole rings is 1. The summed E-state index contributed by atoms with van der Waals surface area (Å²) in [6.07, 6.45) is 2.20. The summed E-state index contributed by atoms with van der Waals surface area (Å²) in [4.78, 5) is 15.5. The quantitative estimate of drug-likeness (QED) is 0.648. The van der Waals surface area contributed by atoms with Gasteiger partial charge >= 0.3 is 0 Å². The lowest BCUT2D eigenvalue weighted by Crippen LogP contribution is -2.14. The van der Waals surface area contributed by atoms with E-state index < -0.39 is 26.5 Å². The first-order chi connectivity index (χ1) is 8.90. The normalized spacial score (nSPS) is 11.2. The Kier molecular flexibility index (Phi) is 3.17. The van der Waals surface area contributed by atoms with E-state index in [9.17, 15) is 22.9 Å². The average molecular weight is 286 g/mol. The first-order valence-corrected chi connectivity index (χ1v) is 6.33. The van der Waals surface area contributed by atoms with Gasteiger partial charge in [0.25, 0.3) is 15.7 Å². The molecule has 0 fully saturated rings. The highest BCUT2D eigenvalue weighted by Crippen LogP contribution is 2.22. The molecule has 2 N–H and O–H groups in total. The zero-order valence-electron chi connectivity index (χ0n) is 9.20. The predicted molar refractivity (Wildman–Crippen MR) is 62.5 cm³/mol. The predicted octanol–water partition coefficient (Wildman–Crippen LogP) is 1.26. The second-order valence-corrected chi connectivity index (χ2v) is 5.09. The summed E-state index contributed by atoms with van der Waals surface area (Å²) in [5.74, 6) is -1.04. The summed E-state index contributed by atoms with van der Waals surface area (Å²) >= 11 is 0. The molecule has 1 aromatic carbocycles. The van der Waals surface area contributed by atoms with Crippen LogP contribution in [0.3, 0.4) is 0 Å². The van der Waals surface area contributed by atoms with Crippen molar-refractivity contribution in [2.45, 2.75) is 5.03 Å². The molecular formula is C9H7FN4O4S. The Hall–Kier alpha value is -2.49. The van der Waals surface area contributed by atoms with Crippen LogP contribution in [-0.4, -0.2) is 23.3 Å². The third-order valence-electron chi connectivity index (χ3n) is 2.17. The number of non-ortho nitro benzene ring substituents is 1. The number of halogens is 1. The highest BCUT2D eigenvalue weighted by molar-refractivity contribution is 7.92. The summed E-state index contributed by atoms with van der Waals surface area (Å²) in [6.45, 7) is 0. The van der Waals surface area contributed by atoms with Crippen LogP contribution in [0.1, 0.15) is 0 Å². The number of anilines is 1. The maximum Gasteiger partial charge on any atom is 0.279 e. The minimum atomic E-state index is -4.00. The van der Waals surface area contributed by atoms with Gasteiger partial charge in [-0.3, -0.25) is 14.8 Å². The molecule has 1 aromatic heterocycles. The van der Waals surface area contributed by atoms with Crippen molar-refractivity contribution in [3.63, 3.8) is 0 Å². The largest absolute Gasteiger partial charge is 0.334 e. The molecule has 0 aliphatic rings. The molecule has 0 saturated carbocycles. The summed E-state index contributed by atoms with van der Waals surface area (Å²) in [5, 5.41) is 10.2. The van der Waals surface area contributed by atoms with Crippen molar-refractivity contribution in [1.82, 2.24) is 9.97 Å². The Bertz CT molecular complexity index is 714. The van der Waals surface area contributed by atoms with E-state index in [1.165, 1.54) is 0 Å². The Morgan fingerprint density at radius 2 is 2.16 bits per heavy atom. The van der Waals surface area contributed by atoms with E-state index in [2.05, 4.69) is 9.97 Å². The Morgan fingerprint density at radius 3 is 2.68 bits per heavy atom. The molecule has 0 spiro atoms. The molecule has 0 unspecified atom stereocenters. The number of sulfonamides is 1. The minimum Gasteiger partial charge on any atom is -0.334 e. The maximum absolute atomic E-state index is 13.5. The fraction of sp³-hybridized carbons (Fsp3) is 0. The molecule has 19 heavy (non-hydrogen) atoms. The van der Waals surface area contributed by atoms with Gasteiger partial charge in [0.15, 0.2) is 10.8 Å². The van der Waals surface area contributed by atoms with Crippen molar-refractivity contribution >= 4 is 21.4 Å². The molecule has 10 heteroatoms. The molecule has 1 heterocycles. The van der Waals surface area contributed by atoms with Crippen molar-refractivity contribution in [2.75, 3.05) is 4.72 Å². The van der Waals surface area contributed by atoms with Crippen LogP contribution in [0.2, 0.25) is 0 Å². The molecule has 0 radical (unpaired) electrons. The number of aromatic amines is 1. The molecular weight excluding hydrogens is 279 g/mol. The van der Waals surface area contributed by atoms with Crippen LogP contribution in [0.5, 0.6) is 0 Å². The highest BCUT2D eigenvalue weighted by atomic mass is 32.2. The van der Waals surface area contributed by atoms with Crippen molar-refractivity contribution in [2.24, 2.45) is 0 Å².